The summed E-state index contributed by atoms with van der Waals surface area (Å²) in [4.78, 5) is 0. The van der Waals surface area contributed by atoms with E-state index in [1.807, 2.05) is 0 Å². The van der Waals surface area contributed by atoms with Crippen molar-refractivity contribution in [3.8, 4) is 0 Å². The van der Waals surface area contributed by atoms with Crippen LogP contribution in [-0.2, 0) is 0 Å². The van der Waals surface area contributed by atoms with Crippen LogP contribution in [0.1, 0.15) is 17.2 Å². The third-order valence-corrected chi connectivity index (χ3v) is 2.41. The molecule has 2 N–H and O–H groups in total. The third kappa shape index (κ3) is 2.89. The zero-order valence-electron chi connectivity index (χ0n) is 9.06. The third-order valence-electron chi connectivity index (χ3n) is 2.41. The molecule has 0 unspecified atom stereocenters. The minimum atomic E-state index is -5.77. The molecule has 0 aliphatic heterocycles. The zero-order valence-corrected chi connectivity index (χ0v) is 9.88. The maximum Gasteiger partial charge on any atom is 0.455 e. The molecule has 18 heavy (non-hydrogen) atoms. The summed E-state index contributed by atoms with van der Waals surface area (Å²) in [6, 6.07) is 0.308. The second-order valence-electron chi connectivity index (χ2n) is 3.55. The monoisotopic (exact) mass is 293 g/mol. The maximum absolute atomic E-state index is 13.0. The second-order valence-corrected chi connectivity index (χ2v) is 3.55. The van der Waals surface area contributed by atoms with Gasteiger partial charge in [-0.25, -0.2) is 4.39 Å². The fraction of sp³-hybridized carbons (Fsp3) is 0.400. The first-order chi connectivity index (χ1) is 7.59. The molecule has 0 aliphatic carbocycles. The van der Waals surface area contributed by atoms with Gasteiger partial charge in [0.1, 0.15) is 11.9 Å². The minimum Gasteiger partial charge on any atom is -0.319 e. The van der Waals surface area contributed by atoms with Gasteiger partial charge in [0.15, 0.2) is 0 Å². The Morgan fingerprint density at radius 3 is 2.06 bits per heavy atom. The topological polar surface area (TPSA) is 26.0 Å². The molecular weight excluding hydrogens is 284 g/mol. The Kier molecular flexibility index (Phi) is 5.07. The number of hydrogen-bond acceptors (Lipinski definition) is 1. The molecular formula is C10H10ClF6N. The molecule has 1 nitrogen and oxygen atoms in total. The fourth-order valence-corrected chi connectivity index (χ4v) is 1.33. The van der Waals surface area contributed by atoms with E-state index in [-0.39, 0.29) is 18.0 Å². The molecule has 0 aromatic heterocycles. The molecule has 8 heteroatoms. The Labute approximate surface area is 105 Å². The Morgan fingerprint density at radius 1 is 1.11 bits per heavy atom. The Bertz CT molecular complexity index is 417. The molecule has 1 aromatic rings. The van der Waals surface area contributed by atoms with Crippen molar-refractivity contribution in [3.05, 3.63) is 35.1 Å². The molecule has 1 atom stereocenters. The van der Waals surface area contributed by atoms with E-state index >= 15 is 0 Å². The molecule has 0 amide bonds. The molecule has 1 aromatic carbocycles. The van der Waals surface area contributed by atoms with Crippen LogP contribution in [0.25, 0.3) is 0 Å². The molecule has 0 saturated carbocycles. The summed E-state index contributed by atoms with van der Waals surface area (Å²) >= 11 is 0. The normalized spacial score (nSPS) is 14.0. The van der Waals surface area contributed by atoms with Gasteiger partial charge in [-0.05, 0) is 24.1 Å². The molecule has 104 valence electrons. The van der Waals surface area contributed by atoms with Gasteiger partial charge in [-0.3, -0.25) is 0 Å². The van der Waals surface area contributed by atoms with Crippen molar-refractivity contribution in [1.82, 2.24) is 0 Å². The van der Waals surface area contributed by atoms with Crippen LogP contribution in [0.3, 0.4) is 0 Å². The molecule has 0 saturated heterocycles. The maximum atomic E-state index is 13.0. The van der Waals surface area contributed by atoms with Crippen molar-refractivity contribution in [2.75, 3.05) is 0 Å². The predicted molar refractivity (Wildman–Crippen MR) is 56.3 cm³/mol. The van der Waals surface area contributed by atoms with E-state index in [2.05, 4.69) is 0 Å². The first-order valence-corrected chi connectivity index (χ1v) is 4.54. The van der Waals surface area contributed by atoms with E-state index in [1.165, 1.54) is 0 Å². The quantitative estimate of drug-likeness (QED) is 0.826. The van der Waals surface area contributed by atoms with Gasteiger partial charge < -0.3 is 5.73 Å². The Morgan fingerprint density at radius 2 is 1.61 bits per heavy atom. The van der Waals surface area contributed by atoms with E-state index in [4.69, 9.17) is 5.73 Å². The molecule has 0 heterocycles. The van der Waals surface area contributed by atoms with Crippen molar-refractivity contribution in [2.24, 2.45) is 5.73 Å². The summed E-state index contributed by atoms with van der Waals surface area (Å²) in [5.41, 5.74) is 4.01. The van der Waals surface area contributed by atoms with Crippen LogP contribution >= 0.6 is 12.4 Å². The van der Waals surface area contributed by atoms with Crippen molar-refractivity contribution in [2.45, 2.75) is 25.1 Å². The van der Waals surface area contributed by atoms with Gasteiger partial charge in [-0.15, -0.1) is 12.4 Å². The largest absolute Gasteiger partial charge is 0.455 e. The van der Waals surface area contributed by atoms with E-state index in [0.29, 0.717) is 0 Å². The SMILES string of the molecule is Cc1c(F)cccc1[C@H](N)C(F)(F)C(F)(F)F.Cl. The van der Waals surface area contributed by atoms with E-state index in [9.17, 15) is 26.3 Å². The van der Waals surface area contributed by atoms with Crippen LogP contribution in [-0.4, -0.2) is 12.1 Å². The van der Waals surface area contributed by atoms with Crippen molar-refractivity contribution in [3.63, 3.8) is 0 Å². The number of rotatable bonds is 2. The Hall–Kier alpha value is -0.950. The van der Waals surface area contributed by atoms with Crippen LogP contribution < -0.4 is 5.73 Å². The first-order valence-electron chi connectivity index (χ1n) is 4.54. The van der Waals surface area contributed by atoms with Crippen molar-refractivity contribution < 1.29 is 26.3 Å². The van der Waals surface area contributed by atoms with Crippen LogP contribution in [0, 0.1) is 12.7 Å². The first kappa shape index (κ1) is 17.1. The number of hydrogen-bond donors (Lipinski definition) is 1. The summed E-state index contributed by atoms with van der Waals surface area (Å²) in [6.45, 7) is 1.09. The highest BCUT2D eigenvalue weighted by atomic mass is 35.5. The summed E-state index contributed by atoms with van der Waals surface area (Å²) in [7, 11) is 0. The lowest BCUT2D eigenvalue weighted by atomic mass is 9.96. The number of nitrogens with two attached hydrogens (primary N) is 1. The van der Waals surface area contributed by atoms with Gasteiger partial charge in [0.2, 0.25) is 0 Å². The molecule has 1 rings (SSSR count). The smallest absolute Gasteiger partial charge is 0.319 e. The number of benzene rings is 1. The second kappa shape index (κ2) is 5.36. The molecule has 0 bridgehead atoms. The number of halogens is 7. The van der Waals surface area contributed by atoms with E-state index < -0.39 is 29.5 Å². The molecule has 0 spiro atoms. The predicted octanol–water partition coefficient (Wildman–Crippen LogP) is 3.75. The summed E-state index contributed by atoms with van der Waals surface area (Å²) in [5.74, 6) is -5.98. The van der Waals surface area contributed by atoms with Crippen LogP contribution in [0.4, 0.5) is 26.3 Å². The molecule has 0 fully saturated rings. The zero-order chi connectivity index (χ0) is 13.4. The van der Waals surface area contributed by atoms with Crippen molar-refractivity contribution in [1.29, 1.82) is 0 Å². The molecule has 0 radical (unpaired) electrons. The van der Waals surface area contributed by atoms with Crippen molar-refractivity contribution >= 4 is 12.4 Å². The van der Waals surface area contributed by atoms with Crippen LogP contribution in [0.15, 0.2) is 18.2 Å². The lowest BCUT2D eigenvalue weighted by molar-refractivity contribution is -0.291. The summed E-state index contributed by atoms with van der Waals surface area (Å²) < 4.78 is 75.2. The van der Waals surface area contributed by atoms with Gasteiger partial charge in [-0.2, -0.15) is 22.0 Å². The van der Waals surface area contributed by atoms with E-state index in [0.717, 1.165) is 25.1 Å². The van der Waals surface area contributed by atoms with Gasteiger partial charge in [0.25, 0.3) is 0 Å². The summed E-state index contributed by atoms with van der Waals surface area (Å²) in [6.07, 6.45) is -5.77. The lowest BCUT2D eigenvalue weighted by Gasteiger charge is -2.26. The Balaban J connectivity index is 0.00000289. The molecule has 0 aliphatic rings. The van der Waals surface area contributed by atoms with Gasteiger partial charge >= 0.3 is 12.1 Å². The van der Waals surface area contributed by atoms with Crippen LogP contribution in [0.5, 0.6) is 0 Å². The van der Waals surface area contributed by atoms with Crippen LogP contribution in [0.2, 0.25) is 0 Å². The highest BCUT2D eigenvalue weighted by Gasteiger charge is 2.61. The van der Waals surface area contributed by atoms with Gasteiger partial charge in [0.05, 0.1) is 0 Å². The standard InChI is InChI=1S/C10H9F6N.ClH/c1-5-6(3-2-4-7(5)11)8(17)9(12,13)10(14,15)16;/h2-4,8H,17H2,1H3;1H/t8-;/m0./s1. The van der Waals surface area contributed by atoms with Gasteiger partial charge in [0, 0.05) is 0 Å². The highest BCUT2D eigenvalue weighted by Crippen LogP contribution is 2.43. The average molecular weight is 294 g/mol. The van der Waals surface area contributed by atoms with E-state index in [1.54, 1.807) is 0 Å². The average Bonchev–Trinajstić information content (AvgIpc) is 2.19. The van der Waals surface area contributed by atoms with Gasteiger partial charge in [-0.1, -0.05) is 12.1 Å². The fourth-order valence-electron chi connectivity index (χ4n) is 1.33. The summed E-state index contributed by atoms with van der Waals surface area (Å²) in [5, 5.41) is 0. The number of alkyl halides is 5. The minimum absolute atomic E-state index is 0. The lowest BCUT2D eigenvalue weighted by Crippen LogP contribution is -2.46. The highest BCUT2D eigenvalue weighted by molar-refractivity contribution is 5.85.